The molecule has 3 rings (SSSR count). The van der Waals surface area contributed by atoms with Gasteiger partial charge in [0.2, 0.25) is 5.91 Å². The highest BCUT2D eigenvalue weighted by Gasteiger charge is 2.25. The summed E-state index contributed by atoms with van der Waals surface area (Å²) in [6, 6.07) is 8.07. The summed E-state index contributed by atoms with van der Waals surface area (Å²) in [5.41, 5.74) is 2.13. The quantitative estimate of drug-likeness (QED) is 0.531. The monoisotopic (exact) mass is 371 g/mol. The first-order valence-corrected chi connectivity index (χ1v) is 10.3. The lowest BCUT2D eigenvalue weighted by Gasteiger charge is -2.31. The highest BCUT2D eigenvalue weighted by molar-refractivity contribution is 5.94. The summed E-state index contributed by atoms with van der Waals surface area (Å²) in [5.74, 6) is 1.75. The number of anilines is 1. The van der Waals surface area contributed by atoms with E-state index in [-0.39, 0.29) is 11.8 Å². The minimum atomic E-state index is 0.0873. The third-order valence-electron chi connectivity index (χ3n) is 5.52. The molecule has 3 N–H and O–H groups in total. The molecule has 2 aliphatic heterocycles. The zero-order valence-corrected chi connectivity index (χ0v) is 16.6. The first-order chi connectivity index (χ1) is 13.2. The van der Waals surface area contributed by atoms with Crippen LogP contribution in [-0.2, 0) is 4.79 Å². The van der Waals surface area contributed by atoms with Gasteiger partial charge in [-0.15, -0.1) is 0 Å². The van der Waals surface area contributed by atoms with Crippen LogP contribution in [-0.4, -0.2) is 56.0 Å². The molecule has 2 aliphatic rings. The Labute approximate surface area is 162 Å². The Kier molecular flexibility index (Phi) is 7.10. The summed E-state index contributed by atoms with van der Waals surface area (Å²) in [6.45, 7) is 10.2. The van der Waals surface area contributed by atoms with Crippen LogP contribution in [0.2, 0.25) is 0 Å². The summed E-state index contributed by atoms with van der Waals surface area (Å²) in [7, 11) is 0. The molecule has 1 amide bonds. The fourth-order valence-corrected chi connectivity index (χ4v) is 4.05. The fourth-order valence-electron chi connectivity index (χ4n) is 4.05. The van der Waals surface area contributed by atoms with E-state index < -0.39 is 0 Å². The van der Waals surface area contributed by atoms with E-state index >= 15 is 0 Å². The number of fused-ring (bicyclic) bond motifs is 1. The van der Waals surface area contributed by atoms with Gasteiger partial charge in [0, 0.05) is 44.2 Å². The topological polar surface area (TPSA) is 68.8 Å². The smallest absolute Gasteiger partial charge is 0.225 e. The number of benzene rings is 1. The second kappa shape index (κ2) is 9.74. The molecule has 27 heavy (non-hydrogen) atoms. The largest absolute Gasteiger partial charge is 0.357 e. The van der Waals surface area contributed by atoms with Gasteiger partial charge in [-0.25, -0.2) is 0 Å². The number of amides is 1. The Morgan fingerprint density at radius 3 is 2.96 bits per heavy atom. The van der Waals surface area contributed by atoms with Gasteiger partial charge in [-0.3, -0.25) is 9.79 Å². The number of hydrogen-bond donors (Lipinski definition) is 3. The fraction of sp³-hybridized carbons (Fsp3) is 0.619. The van der Waals surface area contributed by atoms with Gasteiger partial charge >= 0.3 is 0 Å². The van der Waals surface area contributed by atoms with E-state index in [0.29, 0.717) is 18.9 Å². The van der Waals surface area contributed by atoms with Crippen LogP contribution in [0.25, 0.3) is 0 Å². The van der Waals surface area contributed by atoms with Crippen molar-refractivity contribution in [3.63, 3.8) is 0 Å². The van der Waals surface area contributed by atoms with E-state index in [1.807, 2.05) is 18.2 Å². The number of nitrogens with zero attached hydrogens (tertiary/aromatic N) is 2. The second-order valence-corrected chi connectivity index (χ2v) is 7.54. The van der Waals surface area contributed by atoms with Crippen molar-refractivity contribution in [3.8, 4) is 0 Å². The molecule has 0 radical (unpaired) electrons. The molecule has 0 aromatic heterocycles. The van der Waals surface area contributed by atoms with Gasteiger partial charge in [-0.05, 0) is 50.4 Å². The van der Waals surface area contributed by atoms with Crippen molar-refractivity contribution in [2.24, 2.45) is 10.9 Å². The third kappa shape index (κ3) is 5.45. The maximum absolute atomic E-state index is 12.0. The van der Waals surface area contributed by atoms with Crippen molar-refractivity contribution >= 4 is 17.6 Å². The van der Waals surface area contributed by atoms with Gasteiger partial charge in [0.1, 0.15) is 0 Å². The van der Waals surface area contributed by atoms with E-state index in [2.05, 4.69) is 40.8 Å². The lowest BCUT2D eigenvalue weighted by molar-refractivity contribution is -0.116. The molecule has 2 atom stereocenters. The van der Waals surface area contributed by atoms with Crippen LogP contribution in [0.1, 0.15) is 44.6 Å². The minimum absolute atomic E-state index is 0.0873. The Hall–Kier alpha value is -2.08. The number of para-hydroxylation sites is 1. The van der Waals surface area contributed by atoms with Gasteiger partial charge in [0.25, 0.3) is 0 Å². The van der Waals surface area contributed by atoms with Gasteiger partial charge in [-0.2, -0.15) is 0 Å². The number of guanidine groups is 1. The van der Waals surface area contributed by atoms with E-state index in [9.17, 15) is 4.79 Å². The second-order valence-electron chi connectivity index (χ2n) is 7.54. The molecule has 1 aromatic carbocycles. The molecular formula is C21H33N5O. The predicted molar refractivity (Wildman–Crippen MR) is 111 cm³/mol. The lowest BCUT2D eigenvalue weighted by atomic mass is 9.90. The van der Waals surface area contributed by atoms with Crippen LogP contribution in [0, 0.1) is 5.92 Å². The van der Waals surface area contributed by atoms with Crippen LogP contribution in [0.4, 0.5) is 5.69 Å². The van der Waals surface area contributed by atoms with Crippen molar-refractivity contribution in [1.29, 1.82) is 0 Å². The average molecular weight is 372 g/mol. The van der Waals surface area contributed by atoms with Gasteiger partial charge in [0.05, 0.1) is 0 Å². The molecule has 1 aromatic rings. The first kappa shape index (κ1) is 19.7. The van der Waals surface area contributed by atoms with Crippen molar-refractivity contribution in [3.05, 3.63) is 29.8 Å². The Morgan fingerprint density at radius 2 is 2.15 bits per heavy atom. The Bertz CT molecular complexity index is 660. The predicted octanol–water partition coefficient (Wildman–Crippen LogP) is 2.40. The number of nitrogens with one attached hydrogen (secondary N) is 3. The molecule has 2 heterocycles. The van der Waals surface area contributed by atoms with E-state index in [1.54, 1.807) is 0 Å². The molecule has 0 aliphatic carbocycles. The molecule has 1 saturated heterocycles. The first-order valence-electron chi connectivity index (χ1n) is 10.3. The maximum atomic E-state index is 12.0. The van der Waals surface area contributed by atoms with E-state index in [1.165, 1.54) is 24.9 Å². The van der Waals surface area contributed by atoms with Crippen molar-refractivity contribution in [1.82, 2.24) is 15.5 Å². The summed E-state index contributed by atoms with van der Waals surface area (Å²) < 4.78 is 0. The zero-order valence-electron chi connectivity index (χ0n) is 16.6. The normalized spacial score (nSPS) is 23.5. The van der Waals surface area contributed by atoms with Crippen LogP contribution in [0.15, 0.2) is 29.3 Å². The van der Waals surface area contributed by atoms with Gasteiger partial charge in [0.15, 0.2) is 5.96 Å². The van der Waals surface area contributed by atoms with Gasteiger partial charge in [-0.1, -0.05) is 25.1 Å². The molecule has 2 unspecified atom stereocenters. The molecule has 6 heteroatoms. The summed E-state index contributed by atoms with van der Waals surface area (Å²) in [6.07, 6.45) is 3.04. The van der Waals surface area contributed by atoms with Crippen LogP contribution < -0.4 is 16.0 Å². The standard InChI is InChI=1S/C21H33N5O/c1-3-22-21(23-13-16-8-7-11-26(4-2)15-16)24-14-17-12-20(27)25-19-10-6-5-9-18(17)19/h5-6,9-10,16-17H,3-4,7-8,11-15H2,1-2H3,(H,25,27)(H2,22,23,24). The molecule has 6 nitrogen and oxygen atoms in total. The molecule has 0 saturated carbocycles. The number of likely N-dealkylation sites (tertiary alicyclic amines) is 1. The van der Waals surface area contributed by atoms with Crippen LogP contribution in [0.5, 0.6) is 0 Å². The summed E-state index contributed by atoms with van der Waals surface area (Å²) >= 11 is 0. The molecule has 1 fully saturated rings. The molecular weight excluding hydrogens is 338 g/mol. The number of hydrogen-bond acceptors (Lipinski definition) is 3. The molecule has 0 spiro atoms. The summed E-state index contributed by atoms with van der Waals surface area (Å²) in [4.78, 5) is 19.4. The Morgan fingerprint density at radius 1 is 1.30 bits per heavy atom. The number of carbonyl (C=O) groups is 1. The van der Waals surface area contributed by atoms with E-state index in [0.717, 1.165) is 37.8 Å². The SMILES string of the molecule is CCNC(=NCC1CCCN(CC)C1)NCC1CC(=O)Nc2ccccc21. The molecule has 0 bridgehead atoms. The van der Waals surface area contributed by atoms with Crippen LogP contribution >= 0.6 is 0 Å². The highest BCUT2D eigenvalue weighted by Crippen LogP contribution is 2.31. The third-order valence-corrected chi connectivity index (χ3v) is 5.52. The zero-order chi connectivity index (χ0) is 19.1. The maximum Gasteiger partial charge on any atom is 0.225 e. The summed E-state index contributed by atoms with van der Waals surface area (Å²) in [5, 5.41) is 9.77. The lowest BCUT2D eigenvalue weighted by Crippen LogP contribution is -2.42. The minimum Gasteiger partial charge on any atom is -0.357 e. The number of carbonyl (C=O) groups excluding carboxylic acids is 1. The number of piperidine rings is 1. The van der Waals surface area contributed by atoms with Crippen molar-refractivity contribution < 1.29 is 4.79 Å². The van der Waals surface area contributed by atoms with Crippen molar-refractivity contribution in [2.75, 3.05) is 44.6 Å². The Balaban J connectivity index is 1.59. The molecule has 148 valence electrons. The average Bonchev–Trinajstić information content (AvgIpc) is 2.70. The van der Waals surface area contributed by atoms with Crippen molar-refractivity contribution in [2.45, 2.75) is 39.0 Å². The number of rotatable bonds is 6. The van der Waals surface area contributed by atoms with Crippen LogP contribution in [0.3, 0.4) is 0 Å². The highest BCUT2D eigenvalue weighted by atomic mass is 16.1. The van der Waals surface area contributed by atoms with Gasteiger partial charge < -0.3 is 20.9 Å². The van der Waals surface area contributed by atoms with E-state index in [4.69, 9.17) is 4.99 Å². The number of aliphatic imine (C=N–C) groups is 1.